The Labute approximate surface area is 87.9 Å². The van der Waals surface area contributed by atoms with Gasteiger partial charge in [-0.25, -0.2) is 0 Å². The zero-order valence-corrected chi connectivity index (χ0v) is 8.68. The molecule has 3 fully saturated rings. The highest BCUT2D eigenvalue weighted by Gasteiger charge is 2.64. The van der Waals surface area contributed by atoms with Gasteiger partial charge in [0.25, 0.3) is 0 Å². The molecule has 3 saturated carbocycles. The number of carboxylic acids is 1. The molecule has 0 spiro atoms. The summed E-state index contributed by atoms with van der Waals surface area (Å²) in [5.74, 6) is -0.407. The predicted octanol–water partition coefficient (Wildman–Crippen LogP) is 1.17. The van der Waals surface area contributed by atoms with Crippen LogP contribution in [0.2, 0.25) is 0 Å². The van der Waals surface area contributed by atoms with Gasteiger partial charge < -0.3 is 5.11 Å². The molecule has 3 aliphatic carbocycles. The average Bonchev–Trinajstić information content (AvgIpc) is 2.73. The number of carboxylic acid groups (broad SMARTS) is 1. The zero-order valence-electron chi connectivity index (χ0n) is 8.68. The van der Waals surface area contributed by atoms with Gasteiger partial charge in [0.2, 0.25) is 0 Å². The molecular weight excluding hydrogens is 192 g/mol. The van der Waals surface area contributed by atoms with E-state index in [1.807, 2.05) is 17.8 Å². The Bertz CT molecular complexity index is 422. The molecule has 0 radical (unpaired) electrons. The van der Waals surface area contributed by atoms with E-state index < -0.39 is 5.97 Å². The highest BCUT2D eigenvalue weighted by Crippen LogP contribution is 2.63. The van der Waals surface area contributed by atoms with Crippen LogP contribution in [-0.4, -0.2) is 20.9 Å². The second-order valence-electron chi connectivity index (χ2n) is 4.81. The second-order valence-corrected chi connectivity index (χ2v) is 4.81. The third-order valence-electron chi connectivity index (χ3n) is 4.25. The third-order valence-corrected chi connectivity index (χ3v) is 4.25. The summed E-state index contributed by atoms with van der Waals surface area (Å²) in [6.07, 6.45) is 4.86. The van der Waals surface area contributed by atoms with Crippen molar-refractivity contribution in [2.75, 3.05) is 0 Å². The van der Waals surface area contributed by atoms with Crippen molar-refractivity contribution in [3.8, 4) is 0 Å². The lowest BCUT2D eigenvalue weighted by molar-refractivity contribution is -0.150. The molecule has 0 amide bonds. The maximum atomic E-state index is 11.2. The number of fused-ring (bicyclic) bond motifs is 1. The van der Waals surface area contributed by atoms with Crippen LogP contribution in [0.5, 0.6) is 0 Å². The van der Waals surface area contributed by atoms with Crippen molar-refractivity contribution in [1.29, 1.82) is 0 Å². The van der Waals surface area contributed by atoms with Crippen molar-refractivity contribution in [1.82, 2.24) is 9.78 Å². The molecule has 0 aliphatic heterocycles. The van der Waals surface area contributed by atoms with Crippen LogP contribution in [0.25, 0.3) is 0 Å². The Morgan fingerprint density at radius 2 is 2.53 bits per heavy atom. The van der Waals surface area contributed by atoms with Crippen LogP contribution in [-0.2, 0) is 17.3 Å². The van der Waals surface area contributed by atoms with Crippen molar-refractivity contribution in [3.63, 3.8) is 0 Å². The van der Waals surface area contributed by atoms with Crippen molar-refractivity contribution >= 4 is 5.97 Å². The molecular formula is C11H14N2O2. The van der Waals surface area contributed by atoms with Crippen LogP contribution in [0.15, 0.2) is 12.3 Å². The smallest absolute Gasteiger partial charge is 0.307 e. The van der Waals surface area contributed by atoms with Crippen LogP contribution in [0.4, 0.5) is 0 Å². The first-order valence-corrected chi connectivity index (χ1v) is 5.36. The molecule has 4 nitrogen and oxygen atoms in total. The summed E-state index contributed by atoms with van der Waals surface area (Å²) in [4.78, 5) is 11.2. The first-order chi connectivity index (χ1) is 7.15. The van der Waals surface area contributed by atoms with Gasteiger partial charge in [0.15, 0.2) is 0 Å². The lowest BCUT2D eigenvalue weighted by atomic mass is 9.58. The van der Waals surface area contributed by atoms with Gasteiger partial charge in [0, 0.05) is 24.4 Å². The van der Waals surface area contributed by atoms with E-state index >= 15 is 0 Å². The monoisotopic (exact) mass is 206 g/mol. The summed E-state index contributed by atoms with van der Waals surface area (Å²) in [7, 11) is 1.90. The number of hydrogen-bond acceptors (Lipinski definition) is 2. The van der Waals surface area contributed by atoms with E-state index in [2.05, 4.69) is 5.10 Å². The van der Waals surface area contributed by atoms with E-state index in [-0.39, 0.29) is 11.3 Å². The van der Waals surface area contributed by atoms with Crippen LogP contribution < -0.4 is 0 Å². The fourth-order valence-electron chi connectivity index (χ4n) is 3.66. The highest BCUT2D eigenvalue weighted by molar-refractivity contribution is 5.75. The molecule has 3 atom stereocenters. The number of nitrogens with zero attached hydrogens (tertiary/aromatic N) is 2. The molecule has 1 aromatic heterocycles. The van der Waals surface area contributed by atoms with Gasteiger partial charge in [0.05, 0.1) is 5.92 Å². The van der Waals surface area contributed by atoms with Gasteiger partial charge in [-0.3, -0.25) is 9.48 Å². The Balaban J connectivity index is 2.05. The lowest BCUT2D eigenvalue weighted by Crippen LogP contribution is -2.49. The van der Waals surface area contributed by atoms with Gasteiger partial charge in [0.1, 0.15) is 0 Å². The molecule has 15 heavy (non-hydrogen) atoms. The van der Waals surface area contributed by atoms with Crippen molar-refractivity contribution < 1.29 is 9.90 Å². The topological polar surface area (TPSA) is 55.1 Å². The standard InChI is InChI=1S/C11H14N2O2/c1-13-8(3-5-12-13)11-4-2-7(6-11)9(11)10(14)15/h3,5,7,9H,2,4,6H2,1H3,(H,14,15)/t7-,9+,11+/m1/s1. The zero-order chi connectivity index (χ0) is 10.6. The number of carbonyl (C=O) groups is 1. The minimum absolute atomic E-state index is 0.109. The van der Waals surface area contributed by atoms with Crippen molar-refractivity contribution in [2.45, 2.75) is 24.7 Å². The Hall–Kier alpha value is -1.32. The van der Waals surface area contributed by atoms with Crippen molar-refractivity contribution in [3.05, 3.63) is 18.0 Å². The van der Waals surface area contributed by atoms with E-state index in [0.29, 0.717) is 5.92 Å². The summed E-state index contributed by atoms with van der Waals surface area (Å²) in [5.41, 5.74) is 0.991. The molecule has 4 rings (SSSR count). The quantitative estimate of drug-likeness (QED) is 0.790. The molecule has 4 heteroatoms. The van der Waals surface area contributed by atoms with Gasteiger partial charge in [-0.2, -0.15) is 5.10 Å². The largest absolute Gasteiger partial charge is 0.481 e. The van der Waals surface area contributed by atoms with E-state index in [1.54, 1.807) is 6.20 Å². The van der Waals surface area contributed by atoms with Gasteiger partial charge in [-0.15, -0.1) is 0 Å². The lowest BCUT2D eigenvalue weighted by Gasteiger charge is -2.44. The average molecular weight is 206 g/mol. The number of rotatable bonds is 2. The summed E-state index contributed by atoms with van der Waals surface area (Å²) in [5, 5.41) is 13.4. The minimum Gasteiger partial charge on any atom is -0.481 e. The first kappa shape index (κ1) is 8.95. The Kier molecular flexibility index (Phi) is 1.56. The van der Waals surface area contributed by atoms with E-state index in [0.717, 1.165) is 25.0 Å². The van der Waals surface area contributed by atoms with E-state index in [9.17, 15) is 9.90 Å². The Morgan fingerprint density at radius 1 is 1.73 bits per heavy atom. The minimum atomic E-state index is -0.634. The van der Waals surface area contributed by atoms with E-state index in [1.165, 1.54) is 0 Å². The van der Waals surface area contributed by atoms with Crippen LogP contribution in [0.1, 0.15) is 25.0 Å². The summed E-state index contributed by atoms with van der Waals surface area (Å²) < 4.78 is 1.83. The molecule has 0 saturated heterocycles. The summed E-state index contributed by atoms with van der Waals surface area (Å²) in [6, 6.07) is 1.97. The normalized spacial score (nSPS) is 37.7. The predicted molar refractivity (Wildman–Crippen MR) is 53.4 cm³/mol. The number of aryl methyl sites for hydroxylation is 1. The fraction of sp³-hybridized carbons (Fsp3) is 0.636. The van der Waals surface area contributed by atoms with E-state index in [4.69, 9.17) is 0 Å². The number of aliphatic carboxylic acids is 1. The van der Waals surface area contributed by atoms with Crippen LogP contribution in [0, 0.1) is 11.8 Å². The fourth-order valence-corrected chi connectivity index (χ4v) is 3.66. The van der Waals surface area contributed by atoms with Crippen LogP contribution in [0.3, 0.4) is 0 Å². The van der Waals surface area contributed by atoms with Gasteiger partial charge in [-0.05, 0) is 31.2 Å². The van der Waals surface area contributed by atoms with Crippen LogP contribution >= 0.6 is 0 Å². The molecule has 0 unspecified atom stereocenters. The molecule has 80 valence electrons. The first-order valence-electron chi connectivity index (χ1n) is 5.36. The molecule has 1 N–H and O–H groups in total. The van der Waals surface area contributed by atoms with Gasteiger partial charge >= 0.3 is 5.97 Å². The molecule has 2 bridgehead atoms. The molecule has 0 aromatic carbocycles. The Morgan fingerprint density at radius 3 is 3.07 bits per heavy atom. The maximum absolute atomic E-state index is 11.2. The molecule has 3 aliphatic rings. The molecule has 1 heterocycles. The highest BCUT2D eigenvalue weighted by atomic mass is 16.4. The molecule has 1 aromatic rings. The third kappa shape index (κ3) is 0.919. The number of hydrogen-bond donors (Lipinski definition) is 1. The summed E-state index contributed by atoms with van der Waals surface area (Å²) >= 11 is 0. The summed E-state index contributed by atoms with van der Waals surface area (Å²) in [6.45, 7) is 0. The van der Waals surface area contributed by atoms with Crippen molar-refractivity contribution in [2.24, 2.45) is 18.9 Å². The second kappa shape index (κ2) is 2.62. The van der Waals surface area contributed by atoms with Gasteiger partial charge in [-0.1, -0.05) is 0 Å². The maximum Gasteiger partial charge on any atom is 0.307 e. The SMILES string of the molecule is Cn1nccc1[C@]12CC[C@H](C1)[C@H]2C(=O)O. The number of aromatic nitrogens is 2.